The fraction of sp³-hybridized carbons (Fsp3) is 0.529. The lowest BCUT2D eigenvalue weighted by Crippen LogP contribution is -2.32. The molecule has 0 spiro atoms. The van der Waals surface area contributed by atoms with E-state index in [2.05, 4.69) is 15.6 Å². The molecule has 26 heavy (non-hydrogen) atoms. The van der Waals surface area contributed by atoms with Crippen LogP contribution in [0.3, 0.4) is 0 Å². The number of benzene rings is 1. The normalized spacial score (nSPS) is 11.5. The summed E-state index contributed by atoms with van der Waals surface area (Å²) in [7, 11) is 10.5. The fourth-order valence-electron chi connectivity index (χ4n) is 2.22. The number of carbonyl (C=O) groups excluding carboxylic acids is 1. The summed E-state index contributed by atoms with van der Waals surface area (Å²) in [5.74, 6) is -0.367. The first-order valence-electron chi connectivity index (χ1n) is 8.18. The molecule has 0 aliphatic rings. The molecule has 1 rings (SSSR count). The first-order chi connectivity index (χ1) is 12.2. The van der Waals surface area contributed by atoms with Gasteiger partial charge in [0.25, 0.3) is 0 Å². The Hall–Kier alpha value is -2.39. The van der Waals surface area contributed by atoms with Gasteiger partial charge in [-0.3, -0.25) is 14.6 Å². The second kappa shape index (κ2) is 9.93. The number of rotatable bonds is 7. The highest BCUT2D eigenvalue weighted by molar-refractivity contribution is 5.97. The first kappa shape index (κ1) is 21.7. The summed E-state index contributed by atoms with van der Waals surface area (Å²) in [6.07, 6.45) is 0. The zero-order valence-corrected chi connectivity index (χ0v) is 16.6. The largest absolute Gasteiger partial charge is 0.372 e. The highest BCUT2D eigenvalue weighted by Gasteiger charge is 2.16. The van der Waals surface area contributed by atoms with Crippen molar-refractivity contribution in [3.05, 3.63) is 17.9 Å². The molecule has 0 fully saturated rings. The van der Waals surface area contributed by atoms with Gasteiger partial charge in [-0.15, -0.1) is 0 Å². The summed E-state index contributed by atoms with van der Waals surface area (Å²) in [4.78, 5) is 24.6. The molecular formula is C17H29FN6O2. The Kier molecular flexibility index (Phi) is 8.27. The Bertz CT molecular complexity index is 650. The predicted octanol–water partition coefficient (Wildman–Crippen LogP) is 1.67. The smallest absolute Gasteiger partial charge is 0.222 e. The standard InChI is InChI=1S/C17H29FN6O2/c1-12(25)20-15-11-14(21-17(19-2)24(6)26-7)13(18)10-16(15)23(5)9-8-22(3)4/h10-11H,8-9H2,1-7H3,(H,19,21)(H,20,25). The summed E-state index contributed by atoms with van der Waals surface area (Å²) in [5.41, 5.74) is 1.29. The van der Waals surface area contributed by atoms with Crippen LogP contribution in [0.4, 0.5) is 21.5 Å². The van der Waals surface area contributed by atoms with E-state index in [1.54, 1.807) is 20.2 Å². The molecule has 0 saturated carbocycles. The molecule has 146 valence electrons. The van der Waals surface area contributed by atoms with Gasteiger partial charge in [0.15, 0.2) is 0 Å². The molecule has 0 saturated heterocycles. The molecule has 8 nitrogen and oxygen atoms in total. The number of hydroxylamine groups is 2. The minimum atomic E-state index is -0.462. The Balaban J connectivity index is 3.21. The molecule has 0 radical (unpaired) electrons. The van der Waals surface area contributed by atoms with E-state index in [1.165, 1.54) is 25.2 Å². The van der Waals surface area contributed by atoms with Crippen LogP contribution in [0, 0.1) is 5.82 Å². The Labute approximate surface area is 154 Å². The molecule has 0 heterocycles. The van der Waals surface area contributed by atoms with E-state index in [0.29, 0.717) is 23.9 Å². The van der Waals surface area contributed by atoms with Crippen LogP contribution in [0.1, 0.15) is 6.92 Å². The van der Waals surface area contributed by atoms with Crippen LogP contribution in [0.25, 0.3) is 0 Å². The van der Waals surface area contributed by atoms with Gasteiger partial charge in [-0.05, 0) is 20.2 Å². The quantitative estimate of drug-likeness (QED) is 0.433. The molecule has 0 aromatic heterocycles. The van der Waals surface area contributed by atoms with Crippen molar-refractivity contribution in [1.29, 1.82) is 0 Å². The van der Waals surface area contributed by atoms with Crippen LogP contribution in [0.5, 0.6) is 0 Å². The number of guanidine groups is 1. The van der Waals surface area contributed by atoms with Crippen molar-refractivity contribution in [2.75, 3.05) is 71.0 Å². The average Bonchev–Trinajstić information content (AvgIpc) is 2.58. The second-order valence-corrected chi connectivity index (χ2v) is 6.11. The van der Waals surface area contributed by atoms with E-state index in [4.69, 9.17) is 4.84 Å². The number of carbonyl (C=O) groups is 1. The van der Waals surface area contributed by atoms with Crippen LogP contribution in [0.2, 0.25) is 0 Å². The number of aliphatic imine (C=N–C) groups is 1. The van der Waals surface area contributed by atoms with Crippen LogP contribution in [-0.2, 0) is 9.63 Å². The summed E-state index contributed by atoms with van der Waals surface area (Å²) >= 11 is 0. The maximum atomic E-state index is 14.7. The minimum absolute atomic E-state index is 0.183. The lowest BCUT2D eigenvalue weighted by atomic mass is 10.2. The SMILES string of the molecule is CN=C(Nc1cc(NC(C)=O)c(N(C)CCN(C)C)cc1F)N(C)OC. The highest BCUT2D eigenvalue weighted by atomic mass is 19.1. The van der Waals surface area contributed by atoms with Gasteiger partial charge in [0, 0.05) is 47.2 Å². The van der Waals surface area contributed by atoms with Crippen molar-refractivity contribution >= 4 is 28.9 Å². The summed E-state index contributed by atoms with van der Waals surface area (Å²) in [6, 6.07) is 2.94. The Morgan fingerprint density at radius 3 is 2.31 bits per heavy atom. The van der Waals surface area contributed by atoms with Gasteiger partial charge in [0.1, 0.15) is 5.82 Å². The molecule has 1 aromatic carbocycles. The van der Waals surface area contributed by atoms with Crippen LogP contribution in [0.15, 0.2) is 17.1 Å². The van der Waals surface area contributed by atoms with Crippen molar-refractivity contribution in [3.63, 3.8) is 0 Å². The number of hydrogen-bond acceptors (Lipinski definition) is 5. The number of amides is 1. The number of anilines is 3. The van der Waals surface area contributed by atoms with Crippen molar-refractivity contribution < 1.29 is 14.0 Å². The molecule has 0 bridgehead atoms. The highest BCUT2D eigenvalue weighted by Crippen LogP contribution is 2.31. The third-order valence-electron chi connectivity index (χ3n) is 3.72. The molecule has 0 aliphatic carbocycles. The van der Waals surface area contributed by atoms with Gasteiger partial charge in [0.05, 0.1) is 24.2 Å². The lowest BCUT2D eigenvalue weighted by Gasteiger charge is -2.25. The van der Waals surface area contributed by atoms with E-state index in [1.807, 2.05) is 30.9 Å². The maximum absolute atomic E-state index is 14.7. The zero-order valence-electron chi connectivity index (χ0n) is 16.6. The number of likely N-dealkylation sites (N-methyl/N-ethyl adjacent to an activating group) is 2. The number of nitrogens with one attached hydrogen (secondary N) is 2. The van der Waals surface area contributed by atoms with Crippen LogP contribution in [-0.4, -0.2) is 77.3 Å². The van der Waals surface area contributed by atoms with Crippen molar-refractivity contribution in [3.8, 4) is 0 Å². The maximum Gasteiger partial charge on any atom is 0.222 e. The molecule has 0 aliphatic heterocycles. The van der Waals surface area contributed by atoms with E-state index < -0.39 is 5.82 Å². The molecule has 0 atom stereocenters. The lowest BCUT2D eigenvalue weighted by molar-refractivity contribution is -0.114. The van der Waals surface area contributed by atoms with Gasteiger partial charge in [-0.2, -0.15) is 0 Å². The van der Waals surface area contributed by atoms with E-state index in [0.717, 1.165) is 6.54 Å². The molecule has 0 unspecified atom stereocenters. The first-order valence-corrected chi connectivity index (χ1v) is 8.18. The molecular weight excluding hydrogens is 339 g/mol. The van der Waals surface area contributed by atoms with Gasteiger partial charge in [0.2, 0.25) is 11.9 Å². The predicted molar refractivity (Wildman–Crippen MR) is 104 cm³/mol. The summed E-state index contributed by atoms with van der Waals surface area (Å²) in [6.45, 7) is 2.89. The van der Waals surface area contributed by atoms with Gasteiger partial charge >= 0.3 is 0 Å². The molecule has 2 N–H and O–H groups in total. The summed E-state index contributed by atoms with van der Waals surface area (Å²) in [5, 5.41) is 7.00. The zero-order chi connectivity index (χ0) is 19.9. The molecule has 9 heteroatoms. The van der Waals surface area contributed by atoms with Crippen LogP contribution >= 0.6 is 0 Å². The van der Waals surface area contributed by atoms with E-state index >= 15 is 0 Å². The van der Waals surface area contributed by atoms with Gasteiger partial charge < -0.3 is 20.4 Å². The number of halogens is 1. The topological polar surface area (TPSA) is 72.4 Å². The fourth-order valence-corrected chi connectivity index (χ4v) is 2.22. The van der Waals surface area contributed by atoms with E-state index in [-0.39, 0.29) is 11.6 Å². The van der Waals surface area contributed by atoms with Crippen LogP contribution < -0.4 is 15.5 Å². The summed E-state index contributed by atoms with van der Waals surface area (Å²) < 4.78 is 14.7. The minimum Gasteiger partial charge on any atom is -0.372 e. The van der Waals surface area contributed by atoms with Crippen molar-refractivity contribution in [1.82, 2.24) is 9.96 Å². The second-order valence-electron chi connectivity index (χ2n) is 6.11. The van der Waals surface area contributed by atoms with Crippen molar-refractivity contribution in [2.24, 2.45) is 4.99 Å². The number of hydrogen-bond donors (Lipinski definition) is 2. The number of nitrogens with zero attached hydrogens (tertiary/aromatic N) is 4. The van der Waals surface area contributed by atoms with E-state index in [9.17, 15) is 9.18 Å². The third kappa shape index (κ3) is 6.16. The Morgan fingerprint density at radius 2 is 1.81 bits per heavy atom. The average molecular weight is 368 g/mol. The Morgan fingerprint density at radius 1 is 1.15 bits per heavy atom. The monoisotopic (exact) mass is 368 g/mol. The molecule has 1 amide bonds. The van der Waals surface area contributed by atoms with Crippen molar-refractivity contribution in [2.45, 2.75) is 6.92 Å². The van der Waals surface area contributed by atoms with Gasteiger partial charge in [-0.1, -0.05) is 0 Å². The third-order valence-corrected chi connectivity index (χ3v) is 3.72. The molecule has 1 aromatic rings. The van der Waals surface area contributed by atoms with Gasteiger partial charge in [-0.25, -0.2) is 9.45 Å².